The first-order chi connectivity index (χ1) is 10.9. The highest BCUT2D eigenvalue weighted by Crippen LogP contribution is 2.28. The SMILES string of the molecule is CCCCC(CC)COC(=O)c1ccc(N(C)C)c([N+](=O)[O-])c1. The lowest BCUT2D eigenvalue weighted by Gasteiger charge is -2.15. The predicted octanol–water partition coefficient (Wildman–Crippen LogP) is 4.03. The molecule has 0 aliphatic heterocycles. The molecule has 0 amide bonds. The van der Waals surface area contributed by atoms with Crippen molar-refractivity contribution in [3.05, 3.63) is 33.9 Å². The zero-order chi connectivity index (χ0) is 17.4. The molecule has 0 spiro atoms. The average molecular weight is 322 g/mol. The molecular weight excluding hydrogens is 296 g/mol. The van der Waals surface area contributed by atoms with E-state index in [1.807, 2.05) is 0 Å². The second kappa shape index (κ2) is 9.12. The lowest BCUT2D eigenvalue weighted by atomic mass is 10.0. The lowest BCUT2D eigenvalue weighted by Crippen LogP contribution is -2.15. The summed E-state index contributed by atoms with van der Waals surface area (Å²) in [6.07, 6.45) is 4.20. The Morgan fingerprint density at radius 2 is 2.04 bits per heavy atom. The summed E-state index contributed by atoms with van der Waals surface area (Å²) in [5.74, 6) is -0.164. The molecule has 0 aliphatic carbocycles. The smallest absolute Gasteiger partial charge is 0.338 e. The van der Waals surface area contributed by atoms with E-state index in [0.29, 0.717) is 18.2 Å². The molecule has 1 atom stereocenters. The van der Waals surface area contributed by atoms with Crippen LogP contribution in [-0.2, 0) is 4.74 Å². The number of nitrogens with zero attached hydrogens (tertiary/aromatic N) is 2. The summed E-state index contributed by atoms with van der Waals surface area (Å²) < 4.78 is 5.34. The van der Waals surface area contributed by atoms with Gasteiger partial charge in [0.2, 0.25) is 0 Å². The van der Waals surface area contributed by atoms with E-state index in [9.17, 15) is 14.9 Å². The number of rotatable bonds is 9. The second-order valence-electron chi connectivity index (χ2n) is 5.87. The average Bonchev–Trinajstić information content (AvgIpc) is 2.54. The number of carbonyl (C=O) groups excluding carboxylic acids is 1. The number of benzene rings is 1. The number of hydrogen-bond donors (Lipinski definition) is 0. The van der Waals surface area contributed by atoms with Crippen molar-refractivity contribution < 1.29 is 14.5 Å². The third-order valence-corrected chi connectivity index (χ3v) is 3.88. The zero-order valence-corrected chi connectivity index (χ0v) is 14.4. The molecule has 1 rings (SSSR count). The Bertz CT molecular complexity index is 543. The Kier molecular flexibility index (Phi) is 7.51. The highest BCUT2D eigenvalue weighted by molar-refractivity contribution is 5.91. The van der Waals surface area contributed by atoms with Crippen molar-refractivity contribution >= 4 is 17.3 Å². The molecule has 1 aromatic rings. The van der Waals surface area contributed by atoms with Crippen LogP contribution in [0, 0.1) is 16.0 Å². The third-order valence-electron chi connectivity index (χ3n) is 3.88. The van der Waals surface area contributed by atoms with Gasteiger partial charge in [0, 0.05) is 20.2 Å². The molecule has 0 fully saturated rings. The maximum absolute atomic E-state index is 12.1. The van der Waals surface area contributed by atoms with E-state index in [0.717, 1.165) is 25.7 Å². The molecule has 0 saturated carbocycles. The Hall–Kier alpha value is -2.11. The molecule has 6 heteroatoms. The normalized spacial score (nSPS) is 11.8. The number of anilines is 1. The molecule has 0 N–H and O–H groups in total. The van der Waals surface area contributed by atoms with Crippen molar-refractivity contribution in [2.75, 3.05) is 25.6 Å². The van der Waals surface area contributed by atoms with Crippen molar-refractivity contribution in [1.29, 1.82) is 0 Å². The minimum absolute atomic E-state index is 0.0949. The summed E-state index contributed by atoms with van der Waals surface area (Å²) >= 11 is 0. The largest absolute Gasteiger partial charge is 0.462 e. The minimum atomic E-state index is -0.506. The molecule has 6 nitrogen and oxygen atoms in total. The van der Waals surface area contributed by atoms with Gasteiger partial charge in [-0.05, 0) is 24.5 Å². The molecule has 1 unspecified atom stereocenters. The van der Waals surface area contributed by atoms with E-state index < -0.39 is 10.9 Å². The predicted molar refractivity (Wildman–Crippen MR) is 91.0 cm³/mol. The van der Waals surface area contributed by atoms with E-state index in [4.69, 9.17) is 4.74 Å². The fourth-order valence-electron chi connectivity index (χ4n) is 2.35. The minimum Gasteiger partial charge on any atom is -0.462 e. The first kappa shape index (κ1) is 18.9. The number of carbonyl (C=O) groups is 1. The van der Waals surface area contributed by atoms with Gasteiger partial charge in [-0.3, -0.25) is 10.1 Å². The van der Waals surface area contributed by atoms with Crippen LogP contribution in [-0.4, -0.2) is 31.6 Å². The highest BCUT2D eigenvalue weighted by atomic mass is 16.6. The summed E-state index contributed by atoms with van der Waals surface area (Å²) in [5, 5.41) is 11.2. The molecule has 0 heterocycles. The highest BCUT2D eigenvalue weighted by Gasteiger charge is 2.20. The van der Waals surface area contributed by atoms with E-state index in [-0.39, 0.29) is 11.3 Å². The van der Waals surface area contributed by atoms with Gasteiger partial charge in [0.05, 0.1) is 17.1 Å². The first-order valence-corrected chi connectivity index (χ1v) is 8.03. The fraction of sp³-hybridized carbons (Fsp3) is 0.588. The fourth-order valence-corrected chi connectivity index (χ4v) is 2.35. The molecule has 0 saturated heterocycles. The van der Waals surface area contributed by atoms with Crippen molar-refractivity contribution in [1.82, 2.24) is 0 Å². The molecule has 23 heavy (non-hydrogen) atoms. The van der Waals surface area contributed by atoms with Crippen LogP contribution in [0.5, 0.6) is 0 Å². The summed E-state index contributed by atoms with van der Waals surface area (Å²) in [4.78, 5) is 24.5. The second-order valence-corrected chi connectivity index (χ2v) is 5.87. The van der Waals surface area contributed by atoms with Crippen molar-refractivity contribution in [3.63, 3.8) is 0 Å². The first-order valence-electron chi connectivity index (χ1n) is 8.03. The Balaban J connectivity index is 2.80. The monoisotopic (exact) mass is 322 g/mol. The van der Waals surface area contributed by atoms with Gasteiger partial charge < -0.3 is 9.64 Å². The molecule has 0 radical (unpaired) electrons. The lowest BCUT2D eigenvalue weighted by molar-refractivity contribution is -0.384. The third kappa shape index (κ3) is 5.54. The quantitative estimate of drug-likeness (QED) is 0.390. The van der Waals surface area contributed by atoms with Crippen LogP contribution >= 0.6 is 0 Å². The van der Waals surface area contributed by atoms with Gasteiger partial charge in [-0.15, -0.1) is 0 Å². The number of nitro benzene ring substituents is 1. The van der Waals surface area contributed by atoms with E-state index >= 15 is 0 Å². The van der Waals surface area contributed by atoms with Crippen LogP contribution in [0.3, 0.4) is 0 Å². The Morgan fingerprint density at radius 3 is 2.57 bits per heavy atom. The van der Waals surface area contributed by atoms with Crippen LogP contribution in [0.4, 0.5) is 11.4 Å². The summed E-state index contributed by atoms with van der Waals surface area (Å²) in [6.45, 7) is 4.56. The summed E-state index contributed by atoms with van der Waals surface area (Å²) in [5.41, 5.74) is 0.580. The van der Waals surface area contributed by atoms with Gasteiger partial charge in [-0.1, -0.05) is 33.1 Å². The number of esters is 1. The van der Waals surface area contributed by atoms with E-state index in [1.165, 1.54) is 6.07 Å². The van der Waals surface area contributed by atoms with Crippen LogP contribution in [0.15, 0.2) is 18.2 Å². The van der Waals surface area contributed by atoms with Crippen molar-refractivity contribution in [2.24, 2.45) is 5.92 Å². The number of hydrogen-bond acceptors (Lipinski definition) is 5. The number of ether oxygens (including phenoxy) is 1. The summed E-state index contributed by atoms with van der Waals surface area (Å²) in [6, 6.07) is 4.42. The van der Waals surface area contributed by atoms with Gasteiger partial charge in [-0.25, -0.2) is 4.79 Å². The molecule has 128 valence electrons. The number of unbranched alkanes of at least 4 members (excludes halogenated alkanes) is 1. The van der Waals surface area contributed by atoms with Gasteiger partial charge in [0.15, 0.2) is 0 Å². The molecule has 0 aliphatic rings. The Labute approximate surface area is 137 Å². The standard InChI is InChI=1S/C17H26N2O4/c1-5-7-8-13(6-2)12-23-17(20)14-9-10-15(18(3)4)16(11-14)19(21)22/h9-11,13H,5-8,12H2,1-4H3. The van der Waals surface area contributed by atoms with Gasteiger partial charge >= 0.3 is 5.97 Å². The maximum Gasteiger partial charge on any atom is 0.338 e. The van der Waals surface area contributed by atoms with E-state index in [1.54, 1.807) is 31.1 Å². The van der Waals surface area contributed by atoms with E-state index in [2.05, 4.69) is 13.8 Å². The van der Waals surface area contributed by atoms with Crippen LogP contribution in [0.25, 0.3) is 0 Å². The van der Waals surface area contributed by atoms with Gasteiger partial charge in [0.1, 0.15) is 5.69 Å². The Morgan fingerprint density at radius 1 is 1.35 bits per heavy atom. The van der Waals surface area contributed by atoms with Gasteiger partial charge in [0.25, 0.3) is 5.69 Å². The van der Waals surface area contributed by atoms with Crippen LogP contribution in [0.2, 0.25) is 0 Å². The van der Waals surface area contributed by atoms with Crippen LogP contribution < -0.4 is 4.90 Å². The molecule has 0 bridgehead atoms. The van der Waals surface area contributed by atoms with Crippen molar-refractivity contribution in [3.8, 4) is 0 Å². The molecule has 1 aromatic carbocycles. The number of nitro groups is 1. The molecular formula is C17H26N2O4. The zero-order valence-electron chi connectivity index (χ0n) is 14.4. The molecule has 0 aromatic heterocycles. The summed E-state index contributed by atoms with van der Waals surface area (Å²) in [7, 11) is 3.44. The van der Waals surface area contributed by atoms with Gasteiger partial charge in [-0.2, -0.15) is 0 Å². The van der Waals surface area contributed by atoms with Crippen LogP contribution in [0.1, 0.15) is 49.9 Å². The van der Waals surface area contributed by atoms with Crippen molar-refractivity contribution in [2.45, 2.75) is 39.5 Å². The topological polar surface area (TPSA) is 72.7 Å². The maximum atomic E-state index is 12.1.